The number of carbonyl (C=O) groups is 1. The van der Waals surface area contributed by atoms with Crippen LogP contribution in [-0.4, -0.2) is 52.9 Å². The molecular formula is C38H37F5N2O5. The molecule has 4 aromatic rings. The van der Waals surface area contributed by atoms with Crippen molar-refractivity contribution >= 4 is 5.91 Å². The summed E-state index contributed by atoms with van der Waals surface area (Å²) in [5.41, 5.74) is 2.96. The molecule has 0 aliphatic carbocycles. The van der Waals surface area contributed by atoms with Crippen LogP contribution in [0.3, 0.4) is 0 Å². The first-order valence-corrected chi connectivity index (χ1v) is 16.4. The van der Waals surface area contributed by atoms with Crippen molar-refractivity contribution in [1.29, 1.82) is 0 Å². The van der Waals surface area contributed by atoms with Crippen molar-refractivity contribution in [2.45, 2.75) is 57.5 Å². The van der Waals surface area contributed by atoms with E-state index in [2.05, 4.69) is 17.1 Å². The smallest absolute Gasteiger partial charge is 0.257 e. The molecule has 2 saturated heterocycles. The van der Waals surface area contributed by atoms with Crippen LogP contribution < -0.4 is 5.32 Å². The zero-order valence-electron chi connectivity index (χ0n) is 27.2. The molecule has 2 fully saturated rings. The van der Waals surface area contributed by atoms with Crippen molar-refractivity contribution in [1.82, 2.24) is 10.2 Å². The van der Waals surface area contributed by atoms with Crippen LogP contribution in [0.1, 0.15) is 64.8 Å². The number of aliphatic hydroxyl groups excluding tert-OH is 2. The summed E-state index contributed by atoms with van der Waals surface area (Å²) in [5, 5.41) is 21.7. The Morgan fingerprint density at radius 1 is 0.820 bits per heavy atom. The fraction of sp³-hybridized carbons (Fsp3) is 0.342. The van der Waals surface area contributed by atoms with Crippen molar-refractivity contribution in [3.05, 3.63) is 130 Å². The van der Waals surface area contributed by atoms with E-state index in [1.807, 2.05) is 54.6 Å². The highest BCUT2D eigenvalue weighted by Crippen LogP contribution is 2.43. The van der Waals surface area contributed by atoms with Crippen LogP contribution in [0.25, 0.3) is 11.1 Å². The van der Waals surface area contributed by atoms with Crippen molar-refractivity contribution in [3.63, 3.8) is 0 Å². The maximum absolute atomic E-state index is 14.2. The van der Waals surface area contributed by atoms with Gasteiger partial charge in [-0.1, -0.05) is 67.6 Å². The predicted octanol–water partition coefficient (Wildman–Crippen LogP) is 6.72. The lowest BCUT2D eigenvalue weighted by Crippen LogP contribution is -2.46. The number of likely N-dealkylation sites (tertiary alicyclic amines) is 1. The molecule has 5 atom stereocenters. The number of halogens is 5. The number of ether oxygens (including phenoxy) is 2. The first kappa shape index (κ1) is 35.6. The van der Waals surface area contributed by atoms with Gasteiger partial charge in [-0.25, -0.2) is 22.0 Å². The van der Waals surface area contributed by atoms with Crippen molar-refractivity contribution in [2.75, 3.05) is 19.7 Å². The number of amides is 1. The van der Waals surface area contributed by atoms with E-state index < -0.39 is 46.8 Å². The topological polar surface area (TPSA) is 91.3 Å². The van der Waals surface area contributed by atoms with Gasteiger partial charge in [0, 0.05) is 30.6 Å². The van der Waals surface area contributed by atoms with Gasteiger partial charge in [0.2, 0.25) is 5.82 Å². The maximum atomic E-state index is 14.2. The Bertz CT molecular complexity index is 1810. The number of nitrogens with zero attached hydrogens (tertiary/aromatic N) is 1. The van der Waals surface area contributed by atoms with Crippen molar-refractivity contribution in [2.24, 2.45) is 5.92 Å². The van der Waals surface area contributed by atoms with E-state index in [-0.39, 0.29) is 43.9 Å². The monoisotopic (exact) mass is 696 g/mol. The van der Waals surface area contributed by atoms with Crippen LogP contribution in [-0.2, 0) is 22.6 Å². The minimum Gasteiger partial charge on any atom is -0.395 e. The van der Waals surface area contributed by atoms with Gasteiger partial charge >= 0.3 is 0 Å². The molecule has 0 saturated carbocycles. The lowest BCUT2D eigenvalue weighted by atomic mass is 9.89. The lowest BCUT2D eigenvalue weighted by molar-refractivity contribution is -0.276. The third kappa shape index (κ3) is 7.31. The standard InChI is InChI=1S/C38H37F5N2O5/c1-21-29(18-45-14-4-9-28(45)20-47)49-38(50-36(21)24-12-10-22(19-46)11-13-24)27-8-3-7-26(16-27)25-6-2-5-23(15-25)17-44-37(48)30-31(39)33(41)35(43)34(42)32(30)40/h2-3,5-8,10-13,15-16,21,28-29,36,38,46-47H,4,9,14,17-20H2,1H3,(H,44,48)/t21-,28-,29+,36+,38+/m0/s1. The fourth-order valence-corrected chi connectivity index (χ4v) is 6.70. The highest BCUT2D eigenvalue weighted by Gasteiger charge is 2.40. The summed E-state index contributed by atoms with van der Waals surface area (Å²) in [5.74, 6) is -12.6. The predicted molar refractivity (Wildman–Crippen MR) is 174 cm³/mol. The minimum atomic E-state index is -2.34. The number of rotatable bonds is 10. The van der Waals surface area contributed by atoms with Gasteiger partial charge < -0.3 is 25.0 Å². The molecule has 0 radical (unpaired) electrons. The average molecular weight is 697 g/mol. The van der Waals surface area contributed by atoms with E-state index in [1.54, 1.807) is 18.2 Å². The van der Waals surface area contributed by atoms with E-state index in [0.717, 1.165) is 47.2 Å². The summed E-state index contributed by atoms with van der Waals surface area (Å²) in [6.45, 7) is 3.33. The quantitative estimate of drug-likeness (QED) is 0.0970. The van der Waals surface area contributed by atoms with E-state index in [0.29, 0.717) is 12.1 Å². The first-order chi connectivity index (χ1) is 24.1. The lowest BCUT2D eigenvalue weighted by Gasteiger charge is -2.43. The van der Waals surface area contributed by atoms with Crippen LogP contribution >= 0.6 is 0 Å². The highest BCUT2D eigenvalue weighted by atomic mass is 19.2. The Kier molecular flexibility index (Phi) is 10.9. The van der Waals surface area contributed by atoms with Gasteiger partial charge in [-0.15, -0.1) is 0 Å². The van der Waals surface area contributed by atoms with Crippen molar-refractivity contribution < 1.29 is 46.4 Å². The van der Waals surface area contributed by atoms with Crippen LogP contribution in [0.5, 0.6) is 0 Å². The van der Waals surface area contributed by atoms with Gasteiger partial charge in [-0.3, -0.25) is 9.69 Å². The highest BCUT2D eigenvalue weighted by molar-refractivity contribution is 5.94. The summed E-state index contributed by atoms with van der Waals surface area (Å²) in [4.78, 5) is 14.8. The second kappa shape index (κ2) is 15.4. The van der Waals surface area contributed by atoms with Crippen LogP contribution in [0.15, 0.2) is 72.8 Å². The summed E-state index contributed by atoms with van der Waals surface area (Å²) < 4.78 is 82.3. The molecule has 12 heteroatoms. The van der Waals surface area contributed by atoms with Gasteiger partial charge in [-0.05, 0) is 59.3 Å². The Hall–Kier alpha value is -4.20. The molecule has 6 rings (SSSR count). The first-order valence-electron chi connectivity index (χ1n) is 16.4. The normalized spacial score (nSPS) is 22.5. The molecule has 0 bridgehead atoms. The summed E-state index contributed by atoms with van der Waals surface area (Å²) >= 11 is 0. The second-order valence-electron chi connectivity index (χ2n) is 12.7. The molecule has 1 amide bonds. The average Bonchev–Trinajstić information content (AvgIpc) is 3.60. The summed E-state index contributed by atoms with van der Waals surface area (Å²) in [6.07, 6.45) is 0.635. The Balaban J connectivity index is 1.23. The van der Waals surface area contributed by atoms with Gasteiger partial charge in [-0.2, -0.15) is 0 Å². The number of hydrogen-bond donors (Lipinski definition) is 3. The maximum Gasteiger partial charge on any atom is 0.257 e. The van der Waals surface area contributed by atoms with Gasteiger partial charge in [0.1, 0.15) is 5.56 Å². The van der Waals surface area contributed by atoms with Crippen molar-refractivity contribution in [3.8, 4) is 11.1 Å². The third-order valence-corrected chi connectivity index (χ3v) is 9.56. The second-order valence-corrected chi connectivity index (χ2v) is 12.7. The van der Waals surface area contributed by atoms with E-state index in [1.165, 1.54) is 0 Å². The largest absolute Gasteiger partial charge is 0.395 e. The molecule has 7 nitrogen and oxygen atoms in total. The molecule has 2 aliphatic rings. The zero-order chi connectivity index (χ0) is 35.5. The molecular weight excluding hydrogens is 659 g/mol. The molecule has 3 N–H and O–H groups in total. The molecule has 0 unspecified atom stereocenters. The van der Waals surface area contributed by atoms with Crippen LogP contribution in [0.2, 0.25) is 0 Å². The molecule has 2 heterocycles. The zero-order valence-corrected chi connectivity index (χ0v) is 27.2. The van der Waals surface area contributed by atoms with Gasteiger partial charge in [0.05, 0.1) is 25.4 Å². The third-order valence-electron chi connectivity index (χ3n) is 9.56. The number of carbonyl (C=O) groups excluding carboxylic acids is 1. The minimum absolute atomic E-state index is 0.0360. The Labute approximate surface area is 286 Å². The van der Waals surface area contributed by atoms with E-state index in [9.17, 15) is 37.0 Å². The molecule has 0 spiro atoms. The Morgan fingerprint density at radius 3 is 2.16 bits per heavy atom. The number of benzene rings is 4. The Morgan fingerprint density at radius 2 is 1.48 bits per heavy atom. The van der Waals surface area contributed by atoms with Gasteiger partial charge in [0.15, 0.2) is 29.6 Å². The summed E-state index contributed by atoms with van der Waals surface area (Å²) in [6, 6.07) is 22.2. The molecule has 264 valence electrons. The number of hydrogen-bond acceptors (Lipinski definition) is 6. The van der Waals surface area contributed by atoms with Gasteiger partial charge in [0.25, 0.3) is 5.91 Å². The molecule has 50 heavy (non-hydrogen) atoms. The number of aliphatic hydroxyl groups is 2. The van der Waals surface area contributed by atoms with Crippen LogP contribution in [0, 0.1) is 35.0 Å². The number of nitrogens with one attached hydrogen (secondary N) is 1. The molecule has 4 aromatic carbocycles. The van der Waals surface area contributed by atoms with E-state index >= 15 is 0 Å². The van der Waals surface area contributed by atoms with Crippen LogP contribution in [0.4, 0.5) is 22.0 Å². The SMILES string of the molecule is C[C@H]1[C@@H](CN2CCC[C@H]2CO)O[C@@H](c2cccc(-c3cccc(CNC(=O)c4c(F)c(F)c(F)c(F)c4F)c3)c2)O[C@H]1c1ccc(CO)cc1. The molecule has 0 aromatic heterocycles. The van der Waals surface area contributed by atoms with E-state index in [4.69, 9.17) is 9.47 Å². The molecule has 2 aliphatic heterocycles. The fourth-order valence-electron chi connectivity index (χ4n) is 6.70. The summed E-state index contributed by atoms with van der Waals surface area (Å²) in [7, 11) is 0.